The fourth-order valence-electron chi connectivity index (χ4n) is 4.13. The third-order valence-corrected chi connectivity index (χ3v) is 8.88. The minimum atomic E-state index is -3.97. The summed E-state index contributed by atoms with van der Waals surface area (Å²) in [4.78, 5) is 28.2. The molecule has 0 unspecified atom stereocenters. The summed E-state index contributed by atoms with van der Waals surface area (Å²) >= 11 is 12.2. The van der Waals surface area contributed by atoms with Crippen molar-refractivity contribution >= 4 is 55.8 Å². The van der Waals surface area contributed by atoms with Gasteiger partial charge in [-0.3, -0.25) is 9.59 Å². The molecular formula is C28H33Cl2N3O4S. The van der Waals surface area contributed by atoms with Gasteiger partial charge in [0.05, 0.1) is 21.5 Å². The molecule has 7 nitrogen and oxygen atoms in total. The Bertz CT molecular complexity index is 1400. The molecule has 1 atom stereocenters. The molecule has 0 aliphatic rings. The Kier molecular flexibility index (Phi) is 10.6. The highest BCUT2D eigenvalue weighted by atomic mass is 35.5. The van der Waals surface area contributed by atoms with Gasteiger partial charge in [-0.2, -0.15) is 4.31 Å². The van der Waals surface area contributed by atoms with E-state index >= 15 is 0 Å². The van der Waals surface area contributed by atoms with Gasteiger partial charge in [0.15, 0.2) is 0 Å². The number of nitrogens with zero attached hydrogens (tertiary/aromatic N) is 2. The van der Waals surface area contributed by atoms with Crippen molar-refractivity contribution in [2.45, 2.75) is 50.6 Å². The maximum Gasteiger partial charge on any atom is 0.243 e. The number of hydrogen-bond donors (Lipinski definition) is 1. The molecule has 0 aromatic heterocycles. The number of rotatable bonds is 12. The van der Waals surface area contributed by atoms with Crippen molar-refractivity contribution in [1.82, 2.24) is 14.5 Å². The summed E-state index contributed by atoms with van der Waals surface area (Å²) < 4.78 is 27.7. The van der Waals surface area contributed by atoms with Gasteiger partial charge in [-0.05, 0) is 53.4 Å². The molecule has 10 heteroatoms. The first kappa shape index (κ1) is 29.9. The van der Waals surface area contributed by atoms with E-state index in [0.717, 1.165) is 27.9 Å². The standard InChI is InChI=1S/C28H33Cl2N3O4S/c1-4-6-15-31-28(35)26(5-2)33(18-20-11-14-24(29)25(30)16-20)27(34)19-32(3)38(36,37)23-13-12-21-9-7-8-10-22(21)17-23/h7-14,16-17,26H,4-6,15,18-19H2,1-3H3,(H,31,35)/t26-/m1/s1. The number of hydrogen-bond acceptors (Lipinski definition) is 4. The van der Waals surface area contributed by atoms with Gasteiger partial charge in [-0.15, -0.1) is 0 Å². The molecule has 0 aliphatic carbocycles. The average Bonchev–Trinajstić information content (AvgIpc) is 2.90. The van der Waals surface area contributed by atoms with Gasteiger partial charge in [0.25, 0.3) is 0 Å². The van der Waals surface area contributed by atoms with Crippen LogP contribution in [0.3, 0.4) is 0 Å². The zero-order chi connectivity index (χ0) is 27.9. The second kappa shape index (κ2) is 13.4. The van der Waals surface area contributed by atoms with Gasteiger partial charge < -0.3 is 10.2 Å². The number of carbonyl (C=O) groups excluding carboxylic acids is 2. The third-order valence-electron chi connectivity index (χ3n) is 6.34. The SMILES string of the molecule is CCCCNC(=O)[C@@H](CC)N(Cc1ccc(Cl)c(Cl)c1)C(=O)CN(C)S(=O)(=O)c1ccc2ccccc2c1. The molecule has 0 aliphatic heterocycles. The predicted octanol–water partition coefficient (Wildman–Crippen LogP) is 5.49. The molecule has 2 amide bonds. The Morgan fingerprint density at radius 1 is 0.947 bits per heavy atom. The molecule has 3 aromatic rings. The maximum atomic E-state index is 13.6. The second-order valence-corrected chi connectivity index (χ2v) is 12.0. The van der Waals surface area contributed by atoms with Crippen LogP contribution in [0.4, 0.5) is 0 Å². The van der Waals surface area contributed by atoms with Crippen LogP contribution in [0.15, 0.2) is 65.6 Å². The Morgan fingerprint density at radius 2 is 1.66 bits per heavy atom. The van der Waals surface area contributed by atoms with Crippen molar-refractivity contribution in [3.63, 3.8) is 0 Å². The van der Waals surface area contributed by atoms with E-state index in [2.05, 4.69) is 5.32 Å². The van der Waals surface area contributed by atoms with Crippen LogP contribution in [0, 0.1) is 0 Å². The molecule has 3 rings (SSSR count). The molecule has 1 N–H and O–H groups in total. The summed E-state index contributed by atoms with van der Waals surface area (Å²) in [6, 6.07) is 16.5. The number of amides is 2. The van der Waals surface area contributed by atoms with E-state index in [0.29, 0.717) is 28.6 Å². The molecule has 0 saturated carbocycles. The van der Waals surface area contributed by atoms with Crippen molar-refractivity contribution in [3.8, 4) is 0 Å². The fourth-order valence-corrected chi connectivity index (χ4v) is 5.61. The minimum absolute atomic E-state index is 0.0687. The van der Waals surface area contributed by atoms with Crippen molar-refractivity contribution in [1.29, 1.82) is 0 Å². The molecular weight excluding hydrogens is 545 g/mol. The molecule has 38 heavy (non-hydrogen) atoms. The van der Waals surface area contributed by atoms with Crippen LogP contribution in [0.1, 0.15) is 38.7 Å². The zero-order valence-electron chi connectivity index (χ0n) is 21.8. The quantitative estimate of drug-likeness (QED) is 0.288. The van der Waals surface area contributed by atoms with Crippen LogP contribution in [-0.2, 0) is 26.2 Å². The highest BCUT2D eigenvalue weighted by molar-refractivity contribution is 7.89. The van der Waals surface area contributed by atoms with Crippen molar-refractivity contribution < 1.29 is 18.0 Å². The van der Waals surface area contributed by atoms with Crippen LogP contribution in [0.25, 0.3) is 10.8 Å². The van der Waals surface area contributed by atoms with Crippen LogP contribution in [0.2, 0.25) is 10.0 Å². The molecule has 0 bridgehead atoms. The molecule has 204 valence electrons. The van der Waals surface area contributed by atoms with Gasteiger partial charge in [0.1, 0.15) is 6.04 Å². The number of nitrogens with one attached hydrogen (secondary N) is 1. The average molecular weight is 579 g/mol. The maximum absolute atomic E-state index is 13.6. The summed E-state index contributed by atoms with van der Waals surface area (Å²) in [5, 5.41) is 5.29. The van der Waals surface area contributed by atoms with E-state index in [1.54, 1.807) is 30.3 Å². The lowest BCUT2D eigenvalue weighted by molar-refractivity contribution is -0.141. The third kappa shape index (κ3) is 7.26. The van der Waals surface area contributed by atoms with E-state index in [4.69, 9.17) is 23.2 Å². The molecule has 0 fully saturated rings. The fraction of sp³-hybridized carbons (Fsp3) is 0.357. The molecule has 0 heterocycles. The lowest BCUT2D eigenvalue weighted by Crippen LogP contribution is -2.51. The van der Waals surface area contributed by atoms with E-state index in [1.165, 1.54) is 18.0 Å². The van der Waals surface area contributed by atoms with Crippen molar-refractivity contribution in [2.24, 2.45) is 0 Å². The zero-order valence-corrected chi connectivity index (χ0v) is 24.1. The first-order chi connectivity index (χ1) is 18.1. The van der Waals surface area contributed by atoms with E-state index < -0.39 is 28.5 Å². The van der Waals surface area contributed by atoms with Gasteiger partial charge in [0, 0.05) is 20.1 Å². The highest BCUT2D eigenvalue weighted by Crippen LogP contribution is 2.25. The summed E-state index contributed by atoms with van der Waals surface area (Å²) in [5.41, 5.74) is 0.674. The topological polar surface area (TPSA) is 86.8 Å². The second-order valence-electron chi connectivity index (χ2n) is 9.11. The van der Waals surface area contributed by atoms with E-state index in [1.807, 2.05) is 38.1 Å². The predicted molar refractivity (Wildman–Crippen MR) is 153 cm³/mol. The summed E-state index contributed by atoms with van der Waals surface area (Å²) in [6.45, 7) is 3.97. The number of unbranched alkanes of at least 4 members (excludes halogenated alkanes) is 1. The molecule has 3 aromatic carbocycles. The van der Waals surface area contributed by atoms with Gasteiger partial charge in [-0.1, -0.05) is 79.9 Å². The van der Waals surface area contributed by atoms with Gasteiger partial charge in [0.2, 0.25) is 21.8 Å². The molecule has 0 saturated heterocycles. The normalized spacial score (nSPS) is 12.5. The Labute approximate surface area is 234 Å². The van der Waals surface area contributed by atoms with Crippen molar-refractivity contribution in [2.75, 3.05) is 20.1 Å². The lowest BCUT2D eigenvalue weighted by atomic mass is 10.1. The van der Waals surface area contributed by atoms with Gasteiger partial charge >= 0.3 is 0 Å². The number of carbonyl (C=O) groups is 2. The highest BCUT2D eigenvalue weighted by Gasteiger charge is 2.32. The van der Waals surface area contributed by atoms with E-state index in [9.17, 15) is 18.0 Å². The summed E-state index contributed by atoms with van der Waals surface area (Å²) in [5.74, 6) is -0.783. The molecule has 0 spiro atoms. The number of benzene rings is 3. The monoisotopic (exact) mass is 577 g/mol. The van der Waals surface area contributed by atoms with E-state index in [-0.39, 0.29) is 17.3 Å². The number of halogens is 2. The number of sulfonamides is 1. The summed E-state index contributed by atoms with van der Waals surface area (Å²) in [6.07, 6.45) is 2.09. The summed E-state index contributed by atoms with van der Waals surface area (Å²) in [7, 11) is -2.60. The first-order valence-corrected chi connectivity index (χ1v) is 14.7. The van der Waals surface area contributed by atoms with Crippen molar-refractivity contribution in [3.05, 3.63) is 76.3 Å². The van der Waals surface area contributed by atoms with Crippen LogP contribution in [-0.4, -0.2) is 55.6 Å². The minimum Gasteiger partial charge on any atom is -0.354 e. The van der Waals surface area contributed by atoms with Gasteiger partial charge in [-0.25, -0.2) is 8.42 Å². The largest absolute Gasteiger partial charge is 0.354 e. The van der Waals surface area contributed by atoms with Crippen LogP contribution in [0.5, 0.6) is 0 Å². The smallest absolute Gasteiger partial charge is 0.243 e. The van der Waals surface area contributed by atoms with Crippen LogP contribution < -0.4 is 5.32 Å². The lowest BCUT2D eigenvalue weighted by Gasteiger charge is -2.32. The Morgan fingerprint density at radius 3 is 2.32 bits per heavy atom. The first-order valence-electron chi connectivity index (χ1n) is 12.5. The number of likely N-dealkylation sites (N-methyl/N-ethyl adjacent to an activating group) is 1. The Balaban J connectivity index is 1.88. The van der Waals surface area contributed by atoms with Crippen LogP contribution >= 0.6 is 23.2 Å². The molecule has 0 radical (unpaired) electrons. The number of fused-ring (bicyclic) bond motifs is 1. The Hall–Kier alpha value is -2.65.